The van der Waals surface area contributed by atoms with E-state index < -0.39 is 11.7 Å². The van der Waals surface area contributed by atoms with Crippen molar-refractivity contribution in [1.29, 1.82) is 0 Å². The van der Waals surface area contributed by atoms with Crippen LogP contribution in [0.3, 0.4) is 0 Å². The third-order valence-corrected chi connectivity index (χ3v) is 4.07. The Morgan fingerprint density at radius 2 is 1.90 bits per heavy atom. The normalized spacial score (nSPS) is 19.7. The molecule has 0 saturated carbocycles. The summed E-state index contributed by atoms with van der Waals surface area (Å²) in [6.07, 6.45) is 0.738. The van der Waals surface area contributed by atoms with E-state index in [1.807, 2.05) is 36.2 Å². The topological polar surface area (TPSA) is 79.0 Å². The zero-order valence-corrected chi connectivity index (χ0v) is 12.7. The minimum Gasteiger partial charge on any atom is -0.388 e. The zero-order chi connectivity index (χ0) is 15.3. The van der Waals surface area contributed by atoms with Gasteiger partial charge < -0.3 is 25.6 Å². The van der Waals surface area contributed by atoms with Gasteiger partial charge in [0.1, 0.15) is 0 Å². The first-order valence-corrected chi connectivity index (χ1v) is 7.48. The number of likely N-dealkylation sites (N-methyl/N-ethyl adjacent to an activating group) is 1. The maximum absolute atomic E-state index is 10.5. The molecule has 0 aliphatic carbocycles. The molecule has 0 radical (unpaired) electrons. The summed E-state index contributed by atoms with van der Waals surface area (Å²) in [4.78, 5) is 1.98. The van der Waals surface area contributed by atoms with Gasteiger partial charge in [-0.05, 0) is 18.2 Å². The van der Waals surface area contributed by atoms with E-state index in [4.69, 9.17) is 10.5 Å². The molecule has 1 unspecified atom stereocenters. The molecule has 1 saturated heterocycles. The third kappa shape index (κ3) is 4.76. The second-order valence-corrected chi connectivity index (χ2v) is 5.99. The van der Waals surface area contributed by atoms with E-state index in [0.29, 0.717) is 45.7 Å². The Balaban J connectivity index is 1.87. The molecule has 1 aliphatic heterocycles. The first-order chi connectivity index (χ1) is 10.0. The second-order valence-electron chi connectivity index (χ2n) is 5.99. The van der Waals surface area contributed by atoms with Crippen molar-refractivity contribution < 1.29 is 14.9 Å². The van der Waals surface area contributed by atoms with Gasteiger partial charge in [-0.25, -0.2) is 0 Å². The number of nitrogens with two attached hydrogens (primary N) is 1. The lowest BCUT2D eigenvalue weighted by Crippen LogP contribution is -2.46. The highest BCUT2D eigenvalue weighted by atomic mass is 16.5. The number of nitrogens with zero attached hydrogens (tertiary/aromatic N) is 1. The van der Waals surface area contributed by atoms with Crippen LogP contribution in [0.1, 0.15) is 30.1 Å². The van der Waals surface area contributed by atoms with Crippen LogP contribution in [0, 0.1) is 0 Å². The van der Waals surface area contributed by atoms with Crippen LogP contribution < -0.4 is 5.73 Å². The van der Waals surface area contributed by atoms with Gasteiger partial charge in [0.15, 0.2) is 0 Å². The summed E-state index contributed by atoms with van der Waals surface area (Å²) < 4.78 is 5.28. The Bertz CT molecular complexity index is 430. The Labute approximate surface area is 126 Å². The van der Waals surface area contributed by atoms with Crippen LogP contribution in [0.4, 0.5) is 0 Å². The number of aliphatic hydroxyl groups excluding tert-OH is 1. The summed E-state index contributed by atoms with van der Waals surface area (Å²) in [6.45, 7) is 2.76. The Kier molecular flexibility index (Phi) is 5.72. The standard InChI is InChI=1S/C16H26N2O3/c1-18(12-16(20)6-8-21-9-7-16)11-15(19)14-4-2-13(10-17)3-5-14/h2-5,15,19-20H,6-12,17H2,1H3. The molecule has 118 valence electrons. The highest BCUT2D eigenvalue weighted by molar-refractivity contribution is 5.24. The molecule has 5 heteroatoms. The maximum Gasteiger partial charge on any atom is 0.0916 e. The molecule has 4 N–H and O–H groups in total. The summed E-state index contributed by atoms with van der Waals surface area (Å²) >= 11 is 0. The third-order valence-electron chi connectivity index (χ3n) is 4.07. The molecule has 1 fully saturated rings. The fourth-order valence-corrected chi connectivity index (χ4v) is 2.75. The highest BCUT2D eigenvalue weighted by Gasteiger charge is 2.31. The Morgan fingerprint density at radius 3 is 2.48 bits per heavy atom. The lowest BCUT2D eigenvalue weighted by Gasteiger charge is -2.36. The summed E-state index contributed by atoms with van der Waals surface area (Å²) in [5.41, 5.74) is 6.79. The fourth-order valence-electron chi connectivity index (χ4n) is 2.75. The molecular weight excluding hydrogens is 268 g/mol. The van der Waals surface area contributed by atoms with Gasteiger partial charge in [-0.3, -0.25) is 0 Å². The van der Waals surface area contributed by atoms with E-state index in [1.54, 1.807) is 0 Å². The van der Waals surface area contributed by atoms with Crippen LogP contribution in [0.5, 0.6) is 0 Å². The summed E-state index contributed by atoms with van der Waals surface area (Å²) in [7, 11) is 1.92. The smallest absolute Gasteiger partial charge is 0.0916 e. The molecule has 0 bridgehead atoms. The number of hydrogen-bond acceptors (Lipinski definition) is 5. The molecule has 0 aromatic heterocycles. The lowest BCUT2D eigenvalue weighted by molar-refractivity contribution is -0.0799. The van der Waals surface area contributed by atoms with Crippen LogP contribution >= 0.6 is 0 Å². The first-order valence-electron chi connectivity index (χ1n) is 7.48. The zero-order valence-electron chi connectivity index (χ0n) is 12.7. The number of hydrogen-bond donors (Lipinski definition) is 3. The Hall–Kier alpha value is -0.980. The second kappa shape index (κ2) is 7.33. The van der Waals surface area contributed by atoms with Crippen molar-refractivity contribution >= 4 is 0 Å². The van der Waals surface area contributed by atoms with Gasteiger partial charge in [0.05, 0.1) is 11.7 Å². The van der Waals surface area contributed by atoms with Crippen LogP contribution in [-0.4, -0.2) is 54.1 Å². The van der Waals surface area contributed by atoms with Crippen molar-refractivity contribution in [2.24, 2.45) is 5.73 Å². The van der Waals surface area contributed by atoms with E-state index in [0.717, 1.165) is 11.1 Å². The number of aliphatic hydroxyl groups is 2. The van der Waals surface area contributed by atoms with Gasteiger partial charge in [0.25, 0.3) is 0 Å². The van der Waals surface area contributed by atoms with Crippen LogP contribution in [0.25, 0.3) is 0 Å². The molecule has 1 atom stereocenters. The van der Waals surface area contributed by atoms with Crippen LogP contribution in [0.2, 0.25) is 0 Å². The van der Waals surface area contributed by atoms with Gasteiger partial charge >= 0.3 is 0 Å². The molecule has 21 heavy (non-hydrogen) atoms. The quantitative estimate of drug-likeness (QED) is 0.718. The fraction of sp³-hybridized carbons (Fsp3) is 0.625. The van der Waals surface area contributed by atoms with Crippen LogP contribution in [-0.2, 0) is 11.3 Å². The van der Waals surface area contributed by atoms with Gasteiger partial charge in [0.2, 0.25) is 0 Å². The van der Waals surface area contributed by atoms with Crippen molar-refractivity contribution in [3.8, 4) is 0 Å². The lowest BCUT2D eigenvalue weighted by atomic mass is 9.93. The maximum atomic E-state index is 10.5. The molecule has 1 heterocycles. The SMILES string of the molecule is CN(CC(O)c1ccc(CN)cc1)CC1(O)CCOCC1. The van der Waals surface area contributed by atoms with E-state index in [9.17, 15) is 10.2 Å². The molecule has 0 spiro atoms. The van der Waals surface area contributed by atoms with Gasteiger partial charge in [-0.15, -0.1) is 0 Å². The molecule has 1 aliphatic rings. The van der Waals surface area contributed by atoms with Crippen molar-refractivity contribution in [1.82, 2.24) is 4.90 Å². The molecule has 5 nitrogen and oxygen atoms in total. The number of rotatable bonds is 6. The van der Waals surface area contributed by atoms with Crippen LogP contribution in [0.15, 0.2) is 24.3 Å². The van der Waals surface area contributed by atoms with Crippen molar-refractivity contribution in [2.75, 3.05) is 33.4 Å². The van der Waals surface area contributed by atoms with Gasteiger partial charge in [-0.2, -0.15) is 0 Å². The molecular formula is C16H26N2O3. The Morgan fingerprint density at radius 1 is 1.29 bits per heavy atom. The average Bonchev–Trinajstić information content (AvgIpc) is 2.47. The minimum atomic E-state index is -0.698. The summed E-state index contributed by atoms with van der Waals surface area (Å²) in [5, 5.41) is 20.8. The van der Waals surface area contributed by atoms with E-state index in [1.165, 1.54) is 0 Å². The summed E-state index contributed by atoms with van der Waals surface area (Å²) in [6, 6.07) is 7.68. The van der Waals surface area contributed by atoms with Crippen molar-refractivity contribution in [2.45, 2.75) is 31.1 Å². The predicted molar refractivity (Wildman–Crippen MR) is 81.8 cm³/mol. The number of ether oxygens (including phenoxy) is 1. The molecule has 1 aromatic carbocycles. The highest BCUT2D eigenvalue weighted by Crippen LogP contribution is 2.22. The predicted octanol–water partition coefficient (Wildman–Crippen LogP) is 0.652. The molecule has 1 aromatic rings. The minimum absolute atomic E-state index is 0.491. The van der Waals surface area contributed by atoms with Gasteiger partial charge in [-0.1, -0.05) is 24.3 Å². The van der Waals surface area contributed by atoms with E-state index in [-0.39, 0.29) is 0 Å². The van der Waals surface area contributed by atoms with E-state index >= 15 is 0 Å². The first kappa shape index (κ1) is 16.4. The average molecular weight is 294 g/mol. The van der Waals surface area contributed by atoms with Gasteiger partial charge in [0, 0.05) is 45.7 Å². The van der Waals surface area contributed by atoms with Crippen molar-refractivity contribution in [3.05, 3.63) is 35.4 Å². The van der Waals surface area contributed by atoms with Crippen molar-refractivity contribution in [3.63, 3.8) is 0 Å². The molecule has 2 rings (SSSR count). The van der Waals surface area contributed by atoms with E-state index in [2.05, 4.69) is 0 Å². The monoisotopic (exact) mass is 294 g/mol. The molecule has 0 amide bonds. The summed E-state index contributed by atoms with van der Waals surface area (Å²) in [5.74, 6) is 0. The number of benzene rings is 1. The largest absolute Gasteiger partial charge is 0.388 e.